The van der Waals surface area contributed by atoms with Crippen LogP contribution in [0, 0.1) is 0 Å². The number of hydrogen-bond donors (Lipinski definition) is 2. The summed E-state index contributed by atoms with van der Waals surface area (Å²) >= 11 is 9.34. The van der Waals surface area contributed by atoms with Gasteiger partial charge in [-0.25, -0.2) is 4.98 Å². The van der Waals surface area contributed by atoms with Crippen molar-refractivity contribution < 1.29 is 9.94 Å². The molecule has 0 radical (unpaired) electrons. The van der Waals surface area contributed by atoms with Gasteiger partial charge in [-0.15, -0.1) is 0 Å². The summed E-state index contributed by atoms with van der Waals surface area (Å²) in [6.07, 6.45) is 1.50. The van der Waals surface area contributed by atoms with Crippen LogP contribution >= 0.6 is 27.5 Å². The molecule has 2 aromatic rings. The Balaban J connectivity index is 2.28. The van der Waals surface area contributed by atoms with Gasteiger partial charge in [0.1, 0.15) is 5.75 Å². The highest BCUT2D eigenvalue weighted by Gasteiger charge is 2.07. The Bertz CT molecular complexity index is 634. The van der Waals surface area contributed by atoms with Crippen LogP contribution in [0.3, 0.4) is 0 Å². The highest BCUT2D eigenvalue weighted by atomic mass is 79.9. The predicted octanol–water partition coefficient (Wildman–Crippen LogP) is 3.38. The Kier molecular flexibility index (Phi) is 4.24. The van der Waals surface area contributed by atoms with Gasteiger partial charge in [-0.3, -0.25) is 0 Å². The summed E-state index contributed by atoms with van der Waals surface area (Å²) in [5.41, 5.74) is 5.99. The number of rotatable bonds is 3. The largest absolute Gasteiger partial charge is 0.437 e. The van der Waals surface area contributed by atoms with E-state index in [9.17, 15) is 0 Å². The minimum absolute atomic E-state index is 0.0193. The van der Waals surface area contributed by atoms with Crippen molar-refractivity contribution in [2.75, 3.05) is 0 Å². The molecule has 1 aromatic carbocycles. The third-order valence-corrected chi connectivity index (χ3v) is 3.04. The summed E-state index contributed by atoms with van der Waals surface area (Å²) in [7, 11) is 0. The van der Waals surface area contributed by atoms with Crippen molar-refractivity contribution in [1.82, 2.24) is 4.98 Å². The molecule has 2 rings (SSSR count). The molecular weight excluding hydrogens is 334 g/mol. The van der Waals surface area contributed by atoms with Gasteiger partial charge in [0, 0.05) is 22.3 Å². The zero-order valence-electron chi connectivity index (χ0n) is 9.55. The first-order valence-corrected chi connectivity index (χ1v) is 6.34. The third-order valence-electron chi connectivity index (χ3n) is 2.25. The predicted molar refractivity (Wildman–Crippen MR) is 76.0 cm³/mol. The van der Waals surface area contributed by atoms with Gasteiger partial charge in [0.25, 0.3) is 0 Å². The zero-order valence-corrected chi connectivity index (χ0v) is 11.9. The van der Waals surface area contributed by atoms with Crippen molar-refractivity contribution in [1.29, 1.82) is 0 Å². The second-order valence-corrected chi connectivity index (χ2v) is 4.87. The lowest BCUT2D eigenvalue weighted by atomic mass is 10.2. The molecule has 0 aliphatic heterocycles. The van der Waals surface area contributed by atoms with Gasteiger partial charge in [-0.2, -0.15) is 0 Å². The molecule has 0 amide bonds. The van der Waals surface area contributed by atoms with Crippen molar-refractivity contribution in [3.05, 3.63) is 51.6 Å². The molecule has 0 spiro atoms. The SMILES string of the molecule is N/C(=N\O)c1ccnc(Oc2ccc(Br)cc2Cl)c1. The summed E-state index contributed by atoms with van der Waals surface area (Å²) < 4.78 is 6.39. The first-order chi connectivity index (χ1) is 9.10. The zero-order chi connectivity index (χ0) is 13.8. The van der Waals surface area contributed by atoms with Gasteiger partial charge in [0.15, 0.2) is 5.84 Å². The summed E-state index contributed by atoms with van der Waals surface area (Å²) in [6, 6.07) is 8.38. The van der Waals surface area contributed by atoms with Gasteiger partial charge >= 0.3 is 0 Å². The Morgan fingerprint density at radius 2 is 2.16 bits per heavy atom. The van der Waals surface area contributed by atoms with E-state index in [2.05, 4.69) is 26.1 Å². The number of halogens is 2. The molecule has 7 heteroatoms. The van der Waals surface area contributed by atoms with E-state index in [0.29, 0.717) is 22.2 Å². The van der Waals surface area contributed by atoms with Gasteiger partial charge in [-0.1, -0.05) is 32.7 Å². The maximum absolute atomic E-state index is 8.62. The molecule has 0 aliphatic rings. The van der Waals surface area contributed by atoms with Crippen LogP contribution < -0.4 is 10.5 Å². The number of amidine groups is 1. The molecule has 1 heterocycles. The number of nitrogens with zero attached hydrogens (tertiary/aromatic N) is 2. The van der Waals surface area contributed by atoms with Crippen LogP contribution in [-0.2, 0) is 0 Å². The number of oxime groups is 1. The van der Waals surface area contributed by atoms with E-state index in [1.165, 1.54) is 6.20 Å². The van der Waals surface area contributed by atoms with E-state index in [1.54, 1.807) is 30.3 Å². The standard InChI is InChI=1S/C12H9BrClN3O2/c13-8-1-2-10(9(14)6-8)19-11-5-7(3-4-16-11)12(15)17-18/h1-6,18H,(H2,15,17). The average Bonchev–Trinajstić information content (AvgIpc) is 2.41. The molecule has 98 valence electrons. The molecule has 1 aromatic heterocycles. The van der Waals surface area contributed by atoms with E-state index >= 15 is 0 Å². The van der Waals surface area contributed by atoms with Crippen LogP contribution in [0.2, 0.25) is 5.02 Å². The number of hydrogen-bond acceptors (Lipinski definition) is 4. The molecule has 0 fully saturated rings. The fourth-order valence-corrected chi connectivity index (χ4v) is 2.06. The van der Waals surface area contributed by atoms with E-state index < -0.39 is 0 Å². The van der Waals surface area contributed by atoms with E-state index in [4.69, 9.17) is 27.3 Å². The Morgan fingerprint density at radius 1 is 1.37 bits per heavy atom. The van der Waals surface area contributed by atoms with Crippen LogP contribution in [0.25, 0.3) is 0 Å². The van der Waals surface area contributed by atoms with Crippen LogP contribution in [0.1, 0.15) is 5.56 Å². The molecule has 0 aliphatic carbocycles. The second-order valence-electron chi connectivity index (χ2n) is 3.54. The van der Waals surface area contributed by atoms with Crippen LogP contribution in [-0.4, -0.2) is 16.0 Å². The lowest BCUT2D eigenvalue weighted by Crippen LogP contribution is -2.13. The lowest BCUT2D eigenvalue weighted by Gasteiger charge is -2.07. The quantitative estimate of drug-likeness (QED) is 0.388. The Labute approximate surface area is 122 Å². The van der Waals surface area contributed by atoms with Crippen LogP contribution in [0.5, 0.6) is 11.6 Å². The highest BCUT2D eigenvalue weighted by molar-refractivity contribution is 9.10. The van der Waals surface area contributed by atoms with Crippen molar-refractivity contribution in [3.63, 3.8) is 0 Å². The molecule has 5 nitrogen and oxygen atoms in total. The van der Waals surface area contributed by atoms with Gasteiger partial charge < -0.3 is 15.7 Å². The summed E-state index contributed by atoms with van der Waals surface area (Å²) in [5.74, 6) is 0.747. The fraction of sp³-hybridized carbons (Fsp3) is 0. The average molecular weight is 343 g/mol. The summed E-state index contributed by atoms with van der Waals surface area (Å²) in [5, 5.41) is 12.0. The molecule has 0 saturated heterocycles. The smallest absolute Gasteiger partial charge is 0.219 e. The van der Waals surface area contributed by atoms with Gasteiger partial charge in [0.05, 0.1) is 5.02 Å². The first kappa shape index (κ1) is 13.6. The number of pyridine rings is 1. The highest BCUT2D eigenvalue weighted by Crippen LogP contribution is 2.31. The van der Waals surface area contributed by atoms with Gasteiger partial charge in [-0.05, 0) is 24.3 Å². The van der Waals surface area contributed by atoms with E-state index in [0.717, 1.165) is 4.47 Å². The normalized spacial score (nSPS) is 11.4. The topological polar surface area (TPSA) is 80.7 Å². The van der Waals surface area contributed by atoms with Crippen molar-refractivity contribution >= 4 is 33.4 Å². The van der Waals surface area contributed by atoms with Crippen molar-refractivity contribution in [2.45, 2.75) is 0 Å². The molecular formula is C12H9BrClN3O2. The summed E-state index contributed by atoms with van der Waals surface area (Å²) in [6.45, 7) is 0. The Morgan fingerprint density at radius 3 is 2.84 bits per heavy atom. The maximum atomic E-state index is 8.62. The van der Waals surface area contributed by atoms with E-state index in [-0.39, 0.29) is 5.84 Å². The second kappa shape index (κ2) is 5.90. The molecule has 0 unspecified atom stereocenters. The number of nitrogens with two attached hydrogens (primary N) is 1. The first-order valence-electron chi connectivity index (χ1n) is 5.17. The van der Waals surface area contributed by atoms with Crippen LogP contribution in [0.4, 0.5) is 0 Å². The number of benzene rings is 1. The minimum Gasteiger partial charge on any atom is -0.437 e. The minimum atomic E-state index is -0.0193. The number of aromatic nitrogens is 1. The van der Waals surface area contributed by atoms with Crippen LogP contribution in [0.15, 0.2) is 46.2 Å². The molecule has 0 bridgehead atoms. The molecule has 0 atom stereocenters. The Hall–Kier alpha value is -1.79. The van der Waals surface area contributed by atoms with Gasteiger partial charge in [0.2, 0.25) is 5.88 Å². The van der Waals surface area contributed by atoms with E-state index in [1.807, 2.05) is 0 Å². The maximum Gasteiger partial charge on any atom is 0.219 e. The molecule has 0 saturated carbocycles. The number of ether oxygens (including phenoxy) is 1. The lowest BCUT2D eigenvalue weighted by molar-refractivity contribution is 0.318. The monoisotopic (exact) mass is 341 g/mol. The van der Waals surface area contributed by atoms with Crippen molar-refractivity contribution in [2.24, 2.45) is 10.9 Å². The molecule has 3 N–H and O–H groups in total. The molecule has 19 heavy (non-hydrogen) atoms. The summed E-state index contributed by atoms with van der Waals surface area (Å²) in [4.78, 5) is 4.03. The van der Waals surface area contributed by atoms with Crippen molar-refractivity contribution in [3.8, 4) is 11.6 Å². The fourth-order valence-electron chi connectivity index (χ4n) is 1.35. The third kappa shape index (κ3) is 3.36.